The topological polar surface area (TPSA) is 99.5 Å². The minimum atomic E-state index is -0.422. The molecule has 8 heteroatoms. The van der Waals surface area contributed by atoms with Crippen LogP contribution in [0, 0.1) is 19.8 Å². The van der Waals surface area contributed by atoms with Gasteiger partial charge >= 0.3 is 11.9 Å². The van der Waals surface area contributed by atoms with Crippen LogP contribution in [0.4, 0.5) is 0 Å². The highest BCUT2D eigenvalue weighted by atomic mass is 16.5. The average Bonchev–Trinajstić information content (AvgIpc) is 3.54. The Morgan fingerprint density at radius 2 is 1.83 bits per heavy atom. The van der Waals surface area contributed by atoms with Crippen LogP contribution in [0.5, 0.6) is 0 Å². The number of nitrogens with one attached hydrogen (secondary N) is 1. The summed E-state index contributed by atoms with van der Waals surface area (Å²) in [5, 5.41) is 7.14. The summed E-state index contributed by atoms with van der Waals surface area (Å²) >= 11 is 0. The maximum absolute atomic E-state index is 12.3. The SMILES string of the molecule is COC(=O)CCc1c(C)nn(-c2ccc(C(=O)NCC(=O)OCC3CC3)cc2)c1C. The number of aromatic nitrogens is 2. The molecule has 0 unspecified atom stereocenters. The number of nitrogens with zero attached hydrogens (tertiary/aromatic N) is 2. The number of methoxy groups -OCH3 is 1. The number of carbonyl (C=O) groups excluding carboxylic acids is 3. The highest BCUT2D eigenvalue weighted by Gasteiger charge is 2.23. The second kappa shape index (κ2) is 9.56. The second-order valence-electron chi connectivity index (χ2n) is 7.49. The molecule has 0 atom stereocenters. The molecule has 0 saturated heterocycles. The van der Waals surface area contributed by atoms with Crippen LogP contribution in [-0.2, 0) is 25.5 Å². The molecule has 1 aromatic carbocycles. The fourth-order valence-electron chi connectivity index (χ4n) is 3.17. The zero-order valence-electron chi connectivity index (χ0n) is 17.6. The van der Waals surface area contributed by atoms with Crippen molar-refractivity contribution in [2.24, 2.45) is 5.92 Å². The smallest absolute Gasteiger partial charge is 0.325 e. The lowest BCUT2D eigenvalue weighted by Crippen LogP contribution is -2.30. The number of ether oxygens (including phenoxy) is 2. The molecule has 1 aliphatic carbocycles. The summed E-state index contributed by atoms with van der Waals surface area (Å²) in [5.74, 6) is -0.521. The van der Waals surface area contributed by atoms with Crippen LogP contribution in [0.3, 0.4) is 0 Å². The maximum atomic E-state index is 12.3. The number of hydrogen-bond acceptors (Lipinski definition) is 6. The van der Waals surface area contributed by atoms with Crippen molar-refractivity contribution in [3.8, 4) is 5.69 Å². The summed E-state index contributed by atoms with van der Waals surface area (Å²) in [6.07, 6.45) is 3.07. The lowest BCUT2D eigenvalue weighted by molar-refractivity contribution is -0.143. The van der Waals surface area contributed by atoms with Gasteiger partial charge < -0.3 is 14.8 Å². The molecule has 1 aliphatic rings. The highest BCUT2D eigenvalue weighted by molar-refractivity contribution is 5.96. The predicted molar refractivity (Wildman–Crippen MR) is 109 cm³/mol. The molecule has 1 amide bonds. The van der Waals surface area contributed by atoms with Crippen molar-refractivity contribution >= 4 is 17.8 Å². The molecule has 1 N–H and O–H groups in total. The lowest BCUT2D eigenvalue weighted by Gasteiger charge is -2.08. The fourth-order valence-corrected chi connectivity index (χ4v) is 3.17. The Balaban J connectivity index is 1.60. The summed E-state index contributed by atoms with van der Waals surface area (Å²) in [6, 6.07) is 6.96. The first-order valence-electron chi connectivity index (χ1n) is 10.0. The molecule has 3 rings (SSSR count). The number of hydrogen-bond donors (Lipinski definition) is 1. The number of rotatable bonds is 9. The molecule has 1 heterocycles. The summed E-state index contributed by atoms with van der Waals surface area (Å²) in [7, 11) is 1.38. The van der Waals surface area contributed by atoms with Crippen molar-refractivity contribution in [3.63, 3.8) is 0 Å². The van der Waals surface area contributed by atoms with E-state index in [1.165, 1.54) is 7.11 Å². The first kappa shape index (κ1) is 21.5. The van der Waals surface area contributed by atoms with E-state index >= 15 is 0 Å². The Morgan fingerprint density at radius 3 is 2.47 bits per heavy atom. The monoisotopic (exact) mass is 413 g/mol. The van der Waals surface area contributed by atoms with Gasteiger partial charge in [0.2, 0.25) is 0 Å². The van der Waals surface area contributed by atoms with Gasteiger partial charge in [-0.25, -0.2) is 4.68 Å². The zero-order chi connectivity index (χ0) is 21.7. The Bertz CT molecular complexity index is 929. The molecule has 30 heavy (non-hydrogen) atoms. The summed E-state index contributed by atoms with van der Waals surface area (Å²) in [5.41, 5.74) is 4.04. The van der Waals surface area contributed by atoms with Gasteiger partial charge in [0.15, 0.2) is 0 Å². The summed E-state index contributed by atoms with van der Waals surface area (Å²) in [4.78, 5) is 35.4. The molecule has 8 nitrogen and oxygen atoms in total. The highest BCUT2D eigenvalue weighted by Crippen LogP contribution is 2.28. The second-order valence-corrected chi connectivity index (χ2v) is 7.49. The van der Waals surface area contributed by atoms with E-state index in [4.69, 9.17) is 9.47 Å². The van der Waals surface area contributed by atoms with Crippen LogP contribution >= 0.6 is 0 Å². The van der Waals surface area contributed by atoms with Gasteiger partial charge in [0, 0.05) is 17.7 Å². The maximum Gasteiger partial charge on any atom is 0.325 e. The minimum absolute atomic E-state index is 0.145. The Labute approximate surface area is 175 Å². The van der Waals surface area contributed by atoms with Crippen molar-refractivity contribution in [3.05, 3.63) is 46.8 Å². The van der Waals surface area contributed by atoms with Crippen LogP contribution in [0.25, 0.3) is 5.69 Å². The van der Waals surface area contributed by atoms with Gasteiger partial charge in [-0.3, -0.25) is 14.4 Å². The first-order chi connectivity index (χ1) is 14.4. The molecule has 160 valence electrons. The van der Waals surface area contributed by atoms with Gasteiger partial charge in [-0.15, -0.1) is 0 Å². The molecule has 0 radical (unpaired) electrons. The van der Waals surface area contributed by atoms with Crippen molar-refractivity contribution in [1.82, 2.24) is 15.1 Å². The largest absolute Gasteiger partial charge is 0.469 e. The van der Waals surface area contributed by atoms with E-state index in [1.54, 1.807) is 28.9 Å². The van der Waals surface area contributed by atoms with Crippen molar-refractivity contribution < 1.29 is 23.9 Å². The molecule has 1 saturated carbocycles. The number of benzene rings is 1. The van der Waals surface area contributed by atoms with E-state index in [2.05, 4.69) is 10.4 Å². The standard InChI is InChI=1S/C22H27N3O5/c1-14-19(10-11-20(26)29-3)15(2)25(24-14)18-8-6-17(7-9-18)22(28)23-12-21(27)30-13-16-4-5-16/h6-9,16H,4-5,10-13H2,1-3H3,(H,23,28). The van der Waals surface area contributed by atoms with Crippen molar-refractivity contribution in [2.45, 2.75) is 39.5 Å². The quantitative estimate of drug-likeness (QED) is 0.633. The molecule has 0 spiro atoms. The molecular formula is C22H27N3O5. The third kappa shape index (κ3) is 5.46. The van der Waals surface area contributed by atoms with E-state index in [0.29, 0.717) is 30.9 Å². The average molecular weight is 413 g/mol. The summed E-state index contributed by atoms with van der Waals surface area (Å²) in [6.45, 7) is 4.14. The van der Waals surface area contributed by atoms with Crippen molar-refractivity contribution in [2.75, 3.05) is 20.3 Å². The minimum Gasteiger partial charge on any atom is -0.469 e. The Hall–Kier alpha value is -3.16. The molecule has 1 aromatic heterocycles. The number of aryl methyl sites for hydroxylation is 1. The van der Waals surface area contributed by atoms with Crippen molar-refractivity contribution in [1.29, 1.82) is 0 Å². The molecule has 1 fully saturated rings. The van der Waals surface area contributed by atoms with Crippen LogP contribution in [0.15, 0.2) is 24.3 Å². The van der Waals surface area contributed by atoms with E-state index in [0.717, 1.165) is 35.5 Å². The molecule has 0 bridgehead atoms. The molecule has 0 aliphatic heterocycles. The summed E-state index contributed by atoms with van der Waals surface area (Å²) < 4.78 is 11.6. The van der Waals surface area contributed by atoms with Gasteiger partial charge in [0.1, 0.15) is 6.54 Å². The third-order valence-corrected chi connectivity index (χ3v) is 5.19. The Morgan fingerprint density at radius 1 is 1.13 bits per heavy atom. The van der Waals surface area contributed by atoms with Gasteiger partial charge in [-0.1, -0.05) is 0 Å². The lowest BCUT2D eigenvalue weighted by atomic mass is 10.1. The Kier molecular flexibility index (Phi) is 6.87. The van der Waals surface area contributed by atoms with Crippen LogP contribution in [0.2, 0.25) is 0 Å². The van der Waals surface area contributed by atoms with Gasteiger partial charge in [-0.2, -0.15) is 5.10 Å². The number of esters is 2. The number of carbonyl (C=O) groups is 3. The van der Waals surface area contributed by atoms with Crippen LogP contribution in [-0.4, -0.2) is 47.9 Å². The van der Waals surface area contributed by atoms with E-state index in [1.807, 2.05) is 13.8 Å². The van der Waals surface area contributed by atoms with Crippen LogP contribution < -0.4 is 5.32 Å². The molecule has 2 aromatic rings. The van der Waals surface area contributed by atoms with Crippen LogP contribution in [0.1, 0.15) is 46.6 Å². The predicted octanol–water partition coefficient (Wildman–Crippen LogP) is 2.28. The van der Waals surface area contributed by atoms with Gasteiger partial charge in [0.05, 0.1) is 25.1 Å². The van der Waals surface area contributed by atoms with Gasteiger partial charge in [-0.05, 0) is 68.9 Å². The third-order valence-electron chi connectivity index (χ3n) is 5.19. The number of amides is 1. The molecular weight excluding hydrogens is 386 g/mol. The zero-order valence-corrected chi connectivity index (χ0v) is 17.6. The first-order valence-corrected chi connectivity index (χ1v) is 10.0. The van der Waals surface area contributed by atoms with E-state index in [9.17, 15) is 14.4 Å². The van der Waals surface area contributed by atoms with Gasteiger partial charge in [0.25, 0.3) is 5.91 Å². The normalized spacial score (nSPS) is 13.0. The van der Waals surface area contributed by atoms with E-state index < -0.39 is 5.97 Å². The fraction of sp³-hybridized carbons (Fsp3) is 0.455. The van der Waals surface area contributed by atoms with E-state index in [-0.39, 0.29) is 18.4 Å².